The molecular weight excluding hydrogens is 308 g/mol. The Morgan fingerprint density at radius 2 is 2.26 bits per heavy atom. The molecule has 5 heteroatoms. The number of hydrogen-bond acceptors (Lipinski definition) is 4. The molecule has 1 aromatic heterocycles. The van der Waals surface area contributed by atoms with Gasteiger partial charge in [0.2, 0.25) is 0 Å². The highest BCUT2D eigenvalue weighted by Crippen LogP contribution is 2.32. The van der Waals surface area contributed by atoms with E-state index in [-0.39, 0.29) is 5.91 Å². The van der Waals surface area contributed by atoms with Gasteiger partial charge in [0.15, 0.2) is 5.13 Å². The number of anilines is 1. The summed E-state index contributed by atoms with van der Waals surface area (Å²) in [5.74, 6) is 1.17. The van der Waals surface area contributed by atoms with Crippen LogP contribution < -0.4 is 10.1 Å². The summed E-state index contributed by atoms with van der Waals surface area (Å²) in [5, 5.41) is 3.63. The molecule has 0 saturated heterocycles. The lowest BCUT2D eigenvalue weighted by molar-refractivity contribution is 0.102. The zero-order valence-electron chi connectivity index (χ0n) is 13.6. The van der Waals surface area contributed by atoms with Crippen LogP contribution in [0.5, 0.6) is 5.75 Å². The number of aromatic nitrogens is 1. The molecule has 0 aliphatic heterocycles. The third-order valence-electron chi connectivity index (χ3n) is 4.00. The molecule has 1 aliphatic carbocycles. The Kier molecular flexibility index (Phi) is 4.96. The first-order chi connectivity index (χ1) is 11.2. The molecular formula is C18H22N2O2S. The lowest BCUT2D eigenvalue weighted by Crippen LogP contribution is -2.14. The fraction of sp³-hybridized carbons (Fsp3) is 0.444. The van der Waals surface area contributed by atoms with Crippen LogP contribution >= 0.6 is 11.3 Å². The summed E-state index contributed by atoms with van der Waals surface area (Å²) in [6.45, 7) is 4.92. The van der Waals surface area contributed by atoms with Gasteiger partial charge in [-0.2, -0.15) is 0 Å². The second kappa shape index (κ2) is 7.13. The SMILES string of the molecule is CCCOc1ccccc1C(=O)Nc1nc2c(s1)C[C@H](C)CC2. The van der Waals surface area contributed by atoms with Gasteiger partial charge in [-0.25, -0.2) is 4.98 Å². The Morgan fingerprint density at radius 3 is 3.09 bits per heavy atom. The molecule has 122 valence electrons. The average molecular weight is 330 g/mol. The molecule has 1 aromatic carbocycles. The molecule has 1 heterocycles. The van der Waals surface area contributed by atoms with E-state index in [0.29, 0.717) is 29.0 Å². The standard InChI is InChI=1S/C18H22N2O2S/c1-3-10-22-15-7-5-4-6-13(15)17(21)20-18-19-14-9-8-12(2)11-16(14)23-18/h4-7,12H,3,8-11H2,1-2H3,(H,19,20,21)/t12-/m1/s1. The fourth-order valence-corrected chi connectivity index (χ4v) is 3.92. The van der Waals surface area contributed by atoms with Crippen LogP contribution in [0.4, 0.5) is 5.13 Å². The lowest BCUT2D eigenvalue weighted by atomic mass is 9.93. The maximum Gasteiger partial charge on any atom is 0.261 e. The van der Waals surface area contributed by atoms with Crippen LogP contribution in [0.1, 0.15) is 47.6 Å². The normalized spacial score (nSPS) is 16.7. The molecule has 1 aliphatic rings. The lowest BCUT2D eigenvalue weighted by Gasteiger charge is -2.15. The highest BCUT2D eigenvalue weighted by molar-refractivity contribution is 7.15. The summed E-state index contributed by atoms with van der Waals surface area (Å²) in [5.41, 5.74) is 1.71. The molecule has 0 radical (unpaired) electrons. The topological polar surface area (TPSA) is 51.2 Å². The number of nitrogens with one attached hydrogen (secondary N) is 1. The number of hydrogen-bond donors (Lipinski definition) is 1. The molecule has 0 fully saturated rings. The van der Waals surface area contributed by atoms with Crippen molar-refractivity contribution in [2.24, 2.45) is 5.92 Å². The number of fused-ring (bicyclic) bond motifs is 1. The van der Waals surface area contributed by atoms with Crippen LogP contribution in [0.3, 0.4) is 0 Å². The Morgan fingerprint density at radius 1 is 1.43 bits per heavy atom. The van der Waals surface area contributed by atoms with Crippen molar-refractivity contribution in [1.82, 2.24) is 4.98 Å². The largest absolute Gasteiger partial charge is 0.493 e. The molecule has 0 unspecified atom stereocenters. The highest BCUT2D eigenvalue weighted by Gasteiger charge is 2.21. The Balaban J connectivity index is 1.75. The van der Waals surface area contributed by atoms with Gasteiger partial charge in [-0.05, 0) is 43.7 Å². The van der Waals surface area contributed by atoms with Crippen molar-refractivity contribution in [2.75, 3.05) is 11.9 Å². The monoisotopic (exact) mass is 330 g/mol. The summed E-state index contributed by atoms with van der Waals surface area (Å²) in [7, 11) is 0. The number of nitrogens with zero attached hydrogens (tertiary/aromatic N) is 1. The third-order valence-corrected chi connectivity index (χ3v) is 5.04. The number of thiazole rings is 1. The molecule has 4 nitrogen and oxygen atoms in total. The van der Waals surface area contributed by atoms with Crippen LogP contribution in [-0.2, 0) is 12.8 Å². The second-order valence-electron chi connectivity index (χ2n) is 6.04. The summed E-state index contributed by atoms with van der Waals surface area (Å²) >= 11 is 1.60. The Labute approximate surface area is 140 Å². The van der Waals surface area contributed by atoms with Crippen molar-refractivity contribution in [3.8, 4) is 5.75 Å². The predicted octanol–water partition coefficient (Wildman–Crippen LogP) is 4.31. The summed E-state index contributed by atoms with van der Waals surface area (Å²) in [6, 6.07) is 7.35. The minimum absolute atomic E-state index is 0.157. The van der Waals surface area contributed by atoms with E-state index in [1.165, 1.54) is 11.3 Å². The van der Waals surface area contributed by atoms with Crippen LogP contribution in [0.25, 0.3) is 0 Å². The maximum absolute atomic E-state index is 12.6. The first kappa shape index (κ1) is 16.0. The first-order valence-corrected chi connectivity index (χ1v) is 9.00. The summed E-state index contributed by atoms with van der Waals surface area (Å²) < 4.78 is 5.66. The quantitative estimate of drug-likeness (QED) is 0.889. The van der Waals surface area contributed by atoms with Crippen LogP contribution in [-0.4, -0.2) is 17.5 Å². The summed E-state index contributed by atoms with van der Waals surface area (Å²) in [4.78, 5) is 18.5. The van der Waals surface area contributed by atoms with Crippen molar-refractivity contribution in [3.63, 3.8) is 0 Å². The number of aryl methyl sites for hydroxylation is 1. The average Bonchev–Trinajstić information content (AvgIpc) is 2.94. The Bertz CT molecular complexity index is 696. The van der Waals surface area contributed by atoms with Crippen molar-refractivity contribution in [3.05, 3.63) is 40.4 Å². The number of carbonyl (C=O) groups is 1. The molecule has 0 bridgehead atoms. The van der Waals surface area contributed by atoms with Crippen LogP contribution in [0.15, 0.2) is 24.3 Å². The number of carbonyl (C=O) groups excluding carboxylic acids is 1. The number of ether oxygens (including phenoxy) is 1. The van der Waals surface area contributed by atoms with E-state index in [2.05, 4.69) is 17.2 Å². The van der Waals surface area contributed by atoms with E-state index in [9.17, 15) is 4.79 Å². The zero-order chi connectivity index (χ0) is 16.2. The van der Waals surface area contributed by atoms with Gasteiger partial charge in [-0.3, -0.25) is 10.1 Å². The van der Waals surface area contributed by atoms with Gasteiger partial charge >= 0.3 is 0 Å². The molecule has 23 heavy (non-hydrogen) atoms. The zero-order valence-corrected chi connectivity index (χ0v) is 14.4. The molecule has 3 rings (SSSR count). The van der Waals surface area contributed by atoms with Gasteiger partial charge < -0.3 is 4.74 Å². The summed E-state index contributed by atoms with van der Waals surface area (Å²) in [6.07, 6.45) is 4.17. The molecule has 1 atom stereocenters. The number of para-hydroxylation sites is 1. The first-order valence-electron chi connectivity index (χ1n) is 8.19. The number of rotatable bonds is 5. The van der Waals surface area contributed by atoms with Gasteiger partial charge in [0.1, 0.15) is 5.75 Å². The molecule has 2 aromatic rings. The number of amides is 1. The second-order valence-corrected chi connectivity index (χ2v) is 7.12. The van der Waals surface area contributed by atoms with Gasteiger partial charge in [-0.15, -0.1) is 11.3 Å². The van der Waals surface area contributed by atoms with Crippen molar-refractivity contribution in [1.29, 1.82) is 0 Å². The van der Waals surface area contributed by atoms with Gasteiger partial charge in [0.05, 0.1) is 17.9 Å². The molecule has 0 saturated carbocycles. The van der Waals surface area contributed by atoms with E-state index in [0.717, 1.165) is 25.0 Å². The third kappa shape index (κ3) is 3.72. The Hall–Kier alpha value is -1.88. The maximum atomic E-state index is 12.6. The van der Waals surface area contributed by atoms with Crippen molar-refractivity contribution in [2.45, 2.75) is 39.5 Å². The number of benzene rings is 1. The molecule has 1 N–H and O–H groups in total. The fourth-order valence-electron chi connectivity index (χ4n) is 2.75. The predicted molar refractivity (Wildman–Crippen MR) is 93.5 cm³/mol. The molecule has 1 amide bonds. The van der Waals surface area contributed by atoms with Crippen LogP contribution in [0, 0.1) is 5.92 Å². The van der Waals surface area contributed by atoms with Gasteiger partial charge in [0, 0.05) is 4.88 Å². The van der Waals surface area contributed by atoms with Crippen molar-refractivity contribution < 1.29 is 9.53 Å². The smallest absolute Gasteiger partial charge is 0.261 e. The van der Waals surface area contributed by atoms with Gasteiger partial charge in [-0.1, -0.05) is 26.0 Å². The van der Waals surface area contributed by atoms with Crippen LogP contribution in [0.2, 0.25) is 0 Å². The molecule has 0 spiro atoms. The minimum Gasteiger partial charge on any atom is -0.493 e. The van der Waals surface area contributed by atoms with E-state index >= 15 is 0 Å². The van der Waals surface area contributed by atoms with Gasteiger partial charge in [0.25, 0.3) is 5.91 Å². The van der Waals surface area contributed by atoms with E-state index < -0.39 is 0 Å². The van der Waals surface area contributed by atoms with E-state index in [4.69, 9.17) is 4.74 Å². The minimum atomic E-state index is -0.157. The van der Waals surface area contributed by atoms with E-state index in [1.807, 2.05) is 25.1 Å². The van der Waals surface area contributed by atoms with E-state index in [1.54, 1.807) is 17.4 Å². The highest BCUT2D eigenvalue weighted by atomic mass is 32.1. The van der Waals surface area contributed by atoms with Crippen molar-refractivity contribution >= 4 is 22.4 Å².